The third kappa shape index (κ3) is 4.13. The SMILES string of the molecule is COc1cc(C(=S)NCc2cccc(C)c2)cc(OC)c1OC. The second-order valence-electron chi connectivity index (χ2n) is 5.09. The van der Waals surface area contributed by atoms with Crippen molar-refractivity contribution in [2.24, 2.45) is 0 Å². The number of hydrogen-bond acceptors (Lipinski definition) is 4. The molecule has 0 aliphatic carbocycles. The Kier molecular flexibility index (Phi) is 5.82. The third-order valence-electron chi connectivity index (χ3n) is 3.46. The molecule has 0 spiro atoms. The molecule has 0 radical (unpaired) electrons. The zero-order chi connectivity index (χ0) is 16.8. The van der Waals surface area contributed by atoms with E-state index in [9.17, 15) is 0 Å². The first-order chi connectivity index (χ1) is 11.1. The number of methoxy groups -OCH3 is 3. The topological polar surface area (TPSA) is 39.7 Å². The average Bonchev–Trinajstić information content (AvgIpc) is 2.58. The lowest BCUT2D eigenvalue weighted by atomic mass is 10.1. The summed E-state index contributed by atoms with van der Waals surface area (Å²) in [5.41, 5.74) is 3.23. The van der Waals surface area contributed by atoms with Crippen LogP contribution < -0.4 is 19.5 Å². The highest BCUT2D eigenvalue weighted by Gasteiger charge is 2.15. The first kappa shape index (κ1) is 17.1. The van der Waals surface area contributed by atoms with Gasteiger partial charge in [0.25, 0.3) is 0 Å². The zero-order valence-corrected chi connectivity index (χ0v) is 14.6. The quantitative estimate of drug-likeness (QED) is 0.821. The molecule has 0 saturated carbocycles. The van der Waals surface area contributed by atoms with E-state index in [2.05, 4.69) is 30.4 Å². The molecule has 0 aromatic heterocycles. The number of nitrogens with one attached hydrogen (secondary N) is 1. The van der Waals surface area contributed by atoms with Gasteiger partial charge in [0.1, 0.15) is 4.99 Å². The fourth-order valence-electron chi connectivity index (χ4n) is 2.32. The maximum absolute atomic E-state index is 5.48. The Morgan fingerprint density at radius 2 is 1.65 bits per heavy atom. The van der Waals surface area contributed by atoms with Crippen molar-refractivity contribution in [2.45, 2.75) is 13.5 Å². The lowest BCUT2D eigenvalue weighted by Crippen LogP contribution is -2.22. The fourth-order valence-corrected chi connectivity index (χ4v) is 2.51. The van der Waals surface area contributed by atoms with E-state index in [4.69, 9.17) is 26.4 Å². The van der Waals surface area contributed by atoms with Crippen LogP contribution in [-0.4, -0.2) is 26.3 Å². The minimum Gasteiger partial charge on any atom is -0.493 e. The molecule has 0 heterocycles. The van der Waals surface area contributed by atoms with Gasteiger partial charge in [0.15, 0.2) is 11.5 Å². The molecule has 0 aliphatic heterocycles. The molecule has 1 N–H and O–H groups in total. The molecule has 2 aromatic rings. The monoisotopic (exact) mass is 331 g/mol. The summed E-state index contributed by atoms with van der Waals surface area (Å²) in [4.78, 5) is 0.630. The van der Waals surface area contributed by atoms with Crippen LogP contribution in [0.15, 0.2) is 36.4 Å². The Hall–Kier alpha value is -2.27. The Morgan fingerprint density at radius 1 is 1.00 bits per heavy atom. The number of rotatable bonds is 6. The van der Waals surface area contributed by atoms with Crippen LogP contribution in [0.1, 0.15) is 16.7 Å². The lowest BCUT2D eigenvalue weighted by molar-refractivity contribution is 0.324. The van der Waals surface area contributed by atoms with Gasteiger partial charge in [0.2, 0.25) is 5.75 Å². The van der Waals surface area contributed by atoms with Crippen LogP contribution in [0.5, 0.6) is 17.2 Å². The van der Waals surface area contributed by atoms with Crippen LogP contribution >= 0.6 is 12.2 Å². The lowest BCUT2D eigenvalue weighted by Gasteiger charge is -2.15. The van der Waals surface area contributed by atoms with E-state index in [1.54, 1.807) is 21.3 Å². The minimum atomic E-state index is 0.556. The maximum Gasteiger partial charge on any atom is 0.203 e. The van der Waals surface area contributed by atoms with Crippen LogP contribution in [0.4, 0.5) is 0 Å². The third-order valence-corrected chi connectivity index (χ3v) is 3.84. The largest absolute Gasteiger partial charge is 0.493 e. The predicted octanol–water partition coefficient (Wildman–Crippen LogP) is 3.49. The Labute approximate surface area is 142 Å². The molecule has 122 valence electrons. The predicted molar refractivity (Wildman–Crippen MR) is 95.8 cm³/mol. The Balaban J connectivity index is 2.18. The van der Waals surface area contributed by atoms with Gasteiger partial charge >= 0.3 is 0 Å². The molecular weight excluding hydrogens is 310 g/mol. The molecule has 0 bridgehead atoms. The summed E-state index contributed by atoms with van der Waals surface area (Å²) in [5.74, 6) is 1.73. The van der Waals surface area contributed by atoms with Gasteiger partial charge in [0.05, 0.1) is 21.3 Å². The van der Waals surface area contributed by atoms with Gasteiger partial charge in [0, 0.05) is 12.1 Å². The summed E-state index contributed by atoms with van der Waals surface area (Å²) in [6.45, 7) is 2.73. The van der Waals surface area contributed by atoms with Crippen LogP contribution in [0.25, 0.3) is 0 Å². The molecule has 0 aliphatic rings. The van der Waals surface area contributed by atoms with Crippen LogP contribution in [0.3, 0.4) is 0 Å². The normalized spacial score (nSPS) is 10.1. The average molecular weight is 331 g/mol. The minimum absolute atomic E-state index is 0.556. The van der Waals surface area contributed by atoms with Crippen molar-refractivity contribution in [1.29, 1.82) is 0 Å². The number of benzene rings is 2. The Morgan fingerprint density at radius 3 is 2.17 bits per heavy atom. The molecule has 23 heavy (non-hydrogen) atoms. The number of ether oxygens (including phenoxy) is 3. The second-order valence-corrected chi connectivity index (χ2v) is 5.49. The van der Waals surface area contributed by atoms with E-state index < -0.39 is 0 Å². The molecule has 5 heteroatoms. The molecule has 0 atom stereocenters. The van der Waals surface area contributed by atoms with Crippen molar-refractivity contribution in [3.63, 3.8) is 0 Å². The van der Waals surface area contributed by atoms with E-state index in [0.717, 1.165) is 5.56 Å². The summed E-state index contributed by atoms with van der Waals surface area (Å²) in [5, 5.41) is 3.26. The smallest absolute Gasteiger partial charge is 0.203 e. The van der Waals surface area contributed by atoms with Crippen molar-refractivity contribution >= 4 is 17.2 Å². The van der Waals surface area contributed by atoms with Gasteiger partial charge in [-0.1, -0.05) is 42.0 Å². The van der Waals surface area contributed by atoms with E-state index >= 15 is 0 Å². The van der Waals surface area contributed by atoms with Crippen molar-refractivity contribution in [3.05, 3.63) is 53.1 Å². The van der Waals surface area contributed by atoms with E-state index in [0.29, 0.717) is 28.8 Å². The molecule has 0 unspecified atom stereocenters. The highest BCUT2D eigenvalue weighted by Crippen LogP contribution is 2.38. The standard InChI is InChI=1S/C18H21NO3S/c1-12-6-5-7-13(8-12)11-19-18(23)14-9-15(20-2)17(22-4)16(10-14)21-3/h5-10H,11H2,1-4H3,(H,19,23). The van der Waals surface area contributed by atoms with E-state index in [1.807, 2.05) is 18.2 Å². The van der Waals surface area contributed by atoms with Crippen molar-refractivity contribution < 1.29 is 14.2 Å². The number of thiocarbonyl (C=S) groups is 1. The summed E-state index contributed by atoms with van der Waals surface area (Å²) in [6.07, 6.45) is 0. The summed E-state index contributed by atoms with van der Waals surface area (Å²) in [6, 6.07) is 12.0. The van der Waals surface area contributed by atoms with Crippen molar-refractivity contribution in [3.8, 4) is 17.2 Å². The molecular formula is C18H21NO3S. The van der Waals surface area contributed by atoms with Crippen LogP contribution in [0.2, 0.25) is 0 Å². The highest BCUT2D eigenvalue weighted by molar-refractivity contribution is 7.80. The number of hydrogen-bond donors (Lipinski definition) is 1. The van der Waals surface area contributed by atoms with Gasteiger partial charge in [-0.2, -0.15) is 0 Å². The molecule has 0 saturated heterocycles. The molecule has 2 rings (SSSR count). The van der Waals surface area contributed by atoms with E-state index in [-0.39, 0.29) is 0 Å². The fraction of sp³-hybridized carbons (Fsp3) is 0.278. The van der Waals surface area contributed by atoms with Crippen LogP contribution in [0, 0.1) is 6.92 Å². The van der Waals surface area contributed by atoms with Gasteiger partial charge < -0.3 is 19.5 Å². The van der Waals surface area contributed by atoms with Gasteiger partial charge in [-0.15, -0.1) is 0 Å². The number of aryl methyl sites for hydroxylation is 1. The summed E-state index contributed by atoms with van der Waals surface area (Å²) in [7, 11) is 4.75. The Bertz CT molecular complexity index is 675. The second kappa shape index (κ2) is 7.83. The highest BCUT2D eigenvalue weighted by atomic mass is 32.1. The molecule has 2 aromatic carbocycles. The summed E-state index contributed by atoms with van der Waals surface area (Å²) >= 11 is 5.48. The first-order valence-electron chi connectivity index (χ1n) is 7.22. The molecule has 4 nitrogen and oxygen atoms in total. The van der Waals surface area contributed by atoms with Gasteiger partial charge in [-0.05, 0) is 24.6 Å². The van der Waals surface area contributed by atoms with Gasteiger partial charge in [-0.3, -0.25) is 0 Å². The van der Waals surface area contributed by atoms with Gasteiger partial charge in [-0.25, -0.2) is 0 Å². The zero-order valence-electron chi connectivity index (χ0n) is 13.8. The van der Waals surface area contributed by atoms with Crippen LogP contribution in [-0.2, 0) is 6.54 Å². The van der Waals surface area contributed by atoms with Crippen molar-refractivity contribution in [2.75, 3.05) is 21.3 Å². The van der Waals surface area contributed by atoms with Crippen molar-refractivity contribution in [1.82, 2.24) is 5.32 Å². The van der Waals surface area contributed by atoms with E-state index in [1.165, 1.54) is 11.1 Å². The molecule has 0 amide bonds. The maximum atomic E-state index is 5.48. The molecule has 0 fully saturated rings. The first-order valence-corrected chi connectivity index (χ1v) is 7.63. The summed E-state index contributed by atoms with van der Waals surface area (Å²) < 4.78 is 16.0.